The van der Waals surface area contributed by atoms with E-state index in [1.165, 1.54) is 32.2 Å². The molecule has 2 aliphatic carbocycles. The second kappa shape index (κ2) is 2.60. The molecular weight excluding hydrogens is 174 g/mol. The summed E-state index contributed by atoms with van der Waals surface area (Å²) in [6.07, 6.45) is 5.61. The molecule has 3 rings (SSSR count). The minimum Gasteiger partial charge on any atom is -0.298 e. The lowest BCUT2D eigenvalue weighted by atomic mass is 9.93. The molecule has 14 heavy (non-hydrogen) atoms. The van der Waals surface area contributed by atoms with Crippen LogP contribution in [0.25, 0.3) is 0 Å². The lowest BCUT2D eigenvalue weighted by Crippen LogP contribution is -2.38. The zero-order chi connectivity index (χ0) is 9.92. The van der Waals surface area contributed by atoms with Crippen LogP contribution in [0.4, 0.5) is 0 Å². The molecule has 0 aromatic carbocycles. The molecule has 0 bridgehead atoms. The lowest BCUT2D eigenvalue weighted by Gasteiger charge is -2.26. The van der Waals surface area contributed by atoms with Gasteiger partial charge in [0.2, 0.25) is 0 Å². The Balaban J connectivity index is 1.84. The summed E-state index contributed by atoms with van der Waals surface area (Å²) in [5.74, 6) is 1.99. The summed E-state index contributed by atoms with van der Waals surface area (Å²) >= 11 is 0. The molecule has 3 fully saturated rings. The van der Waals surface area contributed by atoms with Crippen molar-refractivity contribution in [3.05, 3.63) is 0 Å². The number of carbonyl (C=O) groups excluding carboxylic acids is 1. The van der Waals surface area contributed by atoms with Gasteiger partial charge >= 0.3 is 0 Å². The molecule has 2 heteroatoms. The normalized spacial score (nSPS) is 44.3. The second-order valence-electron chi connectivity index (χ2n) is 5.57. The number of Topliss-reactive ketones (excluding diaryl/α,β-unsaturated/α-hetero) is 1. The molecule has 1 heterocycles. The van der Waals surface area contributed by atoms with Crippen molar-refractivity contribution in [1.82, 2.24) is 4.90 Å². The van der Waals surface area contributed by atoms with Crippen LogP contribution in [0.5, 0.6) is 0 Å². The Hall–Kier alpha value is -0.370. The van der Waals surface area contributed by atoms with Crippen molar-refractivity contribution in [2.45, 2.75) is 38.6 Å². The van der Waals surface area contributed by atoms with Crippen LogP contribution in [-0.4, -0.2) is 30.3 Å². The number of fused-ring (bicyclic) bond motifs is 3. The predicted molar refractivity (Wildman–Crippen MR) is 55.0 cm³/mol. The van der Waals surface area contributed by atoms with E-state index in [9.17, 15) is 4.79 Å². The third-order valence-corrected chi connectivity index (χ3v) is 4.98. The van der Waals surface area contributed by atoms with Crippen LogP contribution < -0.4 is 0 Å². The summed E-state index contributed by atoms with van der Waals surface area (Å²) in [7, 11) is 2.11. The van der Waals surface area contributed by atoms with Gasteiger partial charge in [0.15, 0.2) is 0 Å². The van der Waals surface area contributed by atoms with Gasteiger partial charge in [0.1, 0.15) is 5.78 Å². The number of ketones is 1. The molecular formula is C12H19NO. The van der Waals surface area contributed by atoms with Crippen molar-refractivity contribution < 1.29 is 4.79 Å². The van der Waals surface area contributed by atoms with Gasteiger partial charge in [-0.1, -0.05) is 12.8 Å². The van der Waals surface area contributed by atoms with Gasteiger partial charge in [-0.25, -0.2) is 0 Å². The van der Waals surface area contributed by atoms with Crippen molar-refractivity contribution in [3.8, 4) is 0 Å². The van der Waals surface area contributed by atoms with E-state index >= 15 is 0 Å². The molecule has 0 unspecified atom stereocenters. The number of hydrogen-bond acceptors (Lipinski definition) is 2. The Morgan fingerprint density at radius 2 is 2.00 bits per heavy atom. The molecule has 0 aromatic rings. The standard InChI is InChI=1S/C12H19NO/c1-8(14)11-10-9(7-13(11)2)12(10)5-3-4-6-12/h9-11H,3-7H2,1-2H3/t9-,10-,11+/m0/s1. The molecule has 78 valence electrons. The SMILES string of the molecule is CC(=O)[C@@H]1[C@@H]2[C@H](CN1C)C21CCCC1. The van der Waals surface area contributed by atoms with Crippen molar-refractivity contribution in [1.29, 1.82) is 0 Å². The van der Waals surface area contributed by atoms with Gasteiger partial charge in [-0.3, -0.25) is 9.69 Å². The molecule has 1 spiro atoms. The summed E-state index contributed by atoms with van der Waals surface area (Å²) in [6, 6.07) is 0.262. The molecule has 2 saturated carbocycles. The first kappa shape index (κ1) is 8.90. The van der Waals surface area contributed by atoms with Gasteiger partial charge in [0.25, 0.3) is 0 Å². The maximum absolute atomic E-state index is 11.6. The van der Waals surface area contributed by atoms with Gasteiger partial charge in [-0.2, -0.15) is 0 Å². The largest absolute Gasteiger partial charge is 0.298 e. The highest BCUT2D eigenvalue weighted by molar-refractivity contribution is 5.83. The first-order valence-electron chi connectivity index (χ1n) is 5.87. The minimum absolute atomic E-state index is 0.262. The Morgan fingerprint density at radius 3 is 2.57 bits per heavy atom. The minimum atomic E-state index is 0.262. The summed E-state index contributed by atoms with van der Waals surface area (Å²) in [5.41, 5.74) is 0.628. The van der Waals surface area contributed by atoms with Crippen molar-refractivity contribution >= 4 is 5.78 Å². The van der Waals surface area contributed by atoms with Gasteiger partial charge in [0, 0.05) is 6.54 Å². The summed E-state index contributed by atoms with van der Waals surface area (Å²) in [4.78, 5) is 13.9. The summed E-state index contributed by atoms with van der Waals surface area (Å²) in [5, 5.41) is 0. The average molecular weight is 193 g/mol. The molecule has 0 aromatic heterocycles. The average Bonchev–Trinajstić information content (AvgIpc) is 2.56. The number of hydrogen-bond donors (Lipinski definition) is 0. The maximum atomic E-state index is 11.6. The molecule has 1 aliphatic heterocycles. The van der Waals surface area contributed by atoms with E-state index in [2.05, 4.69) is 11.9 Å². The summed E-state index contributed by atoms with van der Waals surface area (Å²) in [6.45, 7) is 2.94. The third-order valence-electron chi connectivity index (χ3n) is 4.98. The second-order valence-corrected chi connectivity index (χ2v) is 5.57. The fourth-order valence-corrected chi connectivity index (χ4v) is 4.44. The van der Waals surface area contributed by atoms with E-state index in [1.807, 2.05) is 0 Å². The quantitative estimate of drug-likeness (QED) is 0.631. The van der Waals surface area contributed by atoms with Crippen molar-refractivity contribution in [2.24, 2.45) is 17.3 Å². The van der Waals surface area contributed by atoms with Crippen molar-refractivity contribution in [3.63, 3.8) is 0 Å². The topological polar surface area (TPSA) is 20.3 Å². The smallest absolute Gasteiger partial charge is 0.147 e. The molecule has 0 N–H and O–H groups in total. The first-order valence-corrected chi connectivity index (χ1v) is 5.87. The van der Waals surface area contributed by atoms with Gasteiger partial charge in [-0.05, 0) is 44.1 Å². The van der Waals surface area contributed by atoms with E-state index < -0.39 is 0 Å². The zero-order valence-corrected chi connectivity index (χ0v) is 9.12. The Kier molecular flexibility index (Phi) is 1.65. The first-order chi connectivity index (χ1) is 6.67. The fourth-order valence-electron chi connectivity index (χ4n) is 4.44. The molecule has 0 amide bonds. The number of nitrogens with zero attached hydrogens (tertiary/aromatic N) is 1. The van der Waals surface area contributed by atoms with Crippen molar-refractivity contribution in [2.75, 3.05) is 13.6 Å². The van der Waals surface area contributed by atoms with Crippen LogP contribution in [0.1, 0.15) is 32.6 Å². The van der Waals surface area contributed by atoms with E-state index in [-0.39, 0.29) is 6.04 Å². The van der Waals surface area contributed by atoms with Crippen LogP contribution in [0.2, 0.25) is 0 Å². The predicted octanol–water partition coefficient (Wildman–Crippen LogP) is 1.70. The van der Waals surface area contributed by atoms with Gasteiger partial charge in [0.05, 0.1) is 6.04 Å². The number of piperidine rings is 1. The van der Waals surface area contributed by atoms with E-state index in [0.29, 0.717) is 11.2 Å². The Morgan fingerprint density at radius 1 is 1.36 bits per heavy atom. The summed E-state index contributed by atoms with van der Waals surface area (Å²) < 4.78 is 0. The Labute approximate surface area is 85.7 Å². The monoisotopic (exact) mass is 193 g/mol. The number of carbonyl (C=O) groups is 1. The lowest BCUT2D eigenvalue weighted by molar-refractivity contribution is -0.122. The molecule has 2 nitrogen and oxygen atoms in total. The van der Waals surface area contributed by atoms with Crippen LogP contribution in [-0.2, 0) is 4.79 Å². The number of likely N-dealkylation sites (tertiary alicyclic amines) is 1. The number of likely N-dealkylation sites (N-methyl/N-ethyl adjacent to an activating group) is 1. The molecule has 1 saturated heterocycles. The van der Waals surface area contributed by atoms with Crippen LogP contribution >= 0.6 is 0 Å². The van der Waals surface area contributed by atoms with E-state index in [4.69, 9.17) is 0 Å². The highest BCUT2D eigenvalue weighted by Crippen LogP contribution is 2.72. The molecule has 3 aliphatic rings. The number of rotatable bonds is 1. The fraction of sp³-hybridized carbons (Fsp3) is 0.917. The molecule has 3 atom stereocenters. The highest BCUT2D eigenvalue weighted by Gasteiger charge is 2.71. The highest BCUT2D eigenvalue weighted by atomic mass is 16.1. The van der Waals surface area contributed by atoms with E-state index in [1.54, 1.807) is 6.92 Å². The van der Waals surface area contributed by atoms with Gasteiger partial charge in [-0.15, -0.1) is 0 Å². The third kappa shape index (κ3) is 0.881. The maximum Gasteiger partial charge on any atom is 0.147 e. The van der Waals surface area contributed by atoms with Gasteiger partial charge < -0.3 is 0 Å². The van der Waals surface area contributed by atoms with Crippen LogP contribution in [0.15, 0.2) is 0 Å². The van der Waals surface area contributed by atoms with E-state index in [0.717, 1.165) is 11.8 Å². The Bertz CT molecular complexity index is 280. The molecule has 0 radical (unpaired) electrons. The zero-order valence-electron chi connectivity index (χ0n) is 9.12. The van der Waals surface area contributed by atoms with Crippen LogP contribution in [0.3, 0.4) is 0 Å². The van der Waals surface area contributed by atoms with Crippen LogP contribution in [0, 0.1) is 17.3 Å².